The normalized spacial score (nSPS) is 10.6. The van der Waals surface area contributed by atoms with Gasteiger partial charge in [-0.1, -0.05) is 5.16 Å². The Morgan fingerprint density at radius 1 is 1.57 bits per heavy atom. The minimum atomic E-state index is -0.853. The molecule has 0 fully saturated rings. The molecule has 0 bridgehead atoms. The Kier molecular flexibility index (Phi) is 3.60. The average Bonchev–Trinajstić information content (AvgIpc) is 2.17. The van der Waals surface area contributed by atoms with Crippen molar-refractivity contribution in [3.63, 3.8) is 0 Å². The van der Waals surface area contributed by atoms with Crippen molar-refractivity contribution in [2.24, 2.45) is 5.16 Å². The fourth-order valence-corrected chi connectivity index (χ4v) is 1.09. The zero-order chi connectivity index (χ0) is 10.4. The van der Waals surface area contributed by atoms with E-state index >= 15 is 0 Å². The minimum Gasteiger partial charge on any atom is -0.481 e. The molecule has 5 nitrogen and oxygen atoms in total. The third kappa shape index (κ3) is 2.85. The Morgan fingerprint density at radius 2 is 2.36 bits per heavy atom. The first-order valence-electron chi connectivity index (χ1n) is 4.11. The fraction of sp³-hybridized carbons (Fsp3) is 0.222. The van der Waals surface area contributed by atoms with Crippen molar-refractivity contribution in [2.75, 3.05) is 0 Å². The molecule has 1 aromatic heterocycles. The lowest BCUT2D eigenvalue weighted by atomic mass is 10.3. The van der Waals surface area contributed by atoms with Crippen molar-refractivity contribution >= 4 is 12.2 Å². The summed E-state index contributed by atoms with van der Waals surface area (Å²) in [4.78, 5) is 10.3. The van der Waals surface area contributed by atoms with Gasteiger partial charge in [0.05, 0.1) is 0 Å². The van der Waals surface area contributed by atoms with Crippen LogP contribution in [0.5, 0.6) is 0 Å². The lowest BCUT2D eigenvalue weighted by molar-refractivity contribution is -0.696. The molecular weight excluding hydrogens is 184 g/mol. The van der Waals surface area contributed by atoms with E-state index in [0.717, 1.165) is 0 Å². The number of oxime groups is 1. The second-order valence-corrected chi connectivity index (χ2v) is 2.71. The Morgan fingerprint density at radius 3 is 3.00 bits per heavy atom. The van der Waals surface area contributed by atoms with E-state index < -0.39 is 5.97 Å². The van der Waals surface area contributed by atoms with Gasteiger partial charge in [0.15, 0.2) is 12.7 Å². The van der Waals surface area contributed by atoms with Crippen LogP contribution >= 0.6 is 0 Å². The van der Waals surface area contributed by atoms with Crippen LogP contribution in [0, 0.1) is 0 Å². The molecule has 2 N–H and O–H groups in total. The van der Waals surface area contributed by atoms with Gasteiger partial charge in [-0.05, 0) is 6.07 Å². The molecule has 0 saturated carbocycles. The number of nitrogens with zero attached hydrogens (tertiary/aromatic N) is 2. The first-order valence-corrected chi connectivity index (χ1v) is 4.11. The summed E-state index contributed by atoms with van der Waals surface area (Å²) in [5.41, 5.74) is 0.663. The summed E-state index contributed by atoms with van der Waals surface area (Å²) in [5, 5.41) is 19.8. The third-order valence-electron chi connectivity index (χ3n) is 1.73. The quantitative estimate of drug-likeness (QED) is 0.313. The number of aliphatic carboxylic acids is 1. The van der Waals surface area contributed by atoms with Crippen LogP contribution in [0.2, 0.25) is 0 Å². The summed E-state index contributed by atoms with van der Waals surface area (Å²) < 4.78 is 1.70. The van der Waals surface area contributed by atoms with E-state index in [1.54, 1.807) is 29.0 Å². The molecule has 0 saturated heterocycles. The smallest absolute Gasteiger partial charge is 0.309 e. The molecular formula is C9H11N2O3+. The maximum absolute atomic E-state index is 10.3. The lowest BCUT2D eigenvalue weighted by Crippen LogP contribution is -2.38. The zero-order valence-electron chi connectivity index (χ0n) is 7.50. The zero-order valence-corrected chi connectivity index (χ0v) is 7.50. The Labute approximate surface area is 80.9 Å². The van der Waals surface area contributed by atoms with Crippen LogP contribution in [0.25, 0.3) is 0 Å². The first kappa shape index (κ1) is 10.2. The standard InChI is InChI=1S/C9H10N2O3/c12-9(13)4-6-11-5-2-1-3-8(11)7-10-14/h1-3,5,7H,4,6H2,(H,12,13)/p+1. The topological polar surface area (TPSA) is 73.8 Å². The number of aryl methyl sites for hydroxylation is 1. The van der Waals surface area contributed by atoms with Crippen LogP contribution in [0.1, 0.15) is 12.1 Å². The number of carbonyl (C=O) groups is 1. The largest absolute Gasteiger partial charge is 0.481 e. The summed E-state index contributed by atoms with van der Waals surface area (Å²) in [6.07, 6.45) is 3.04. The van der Waals surface area contributed by atoms with Crippen molar-refractivity contribution in [1.82, 2.24) is 0 Å². The number of carboxylic acid groups (broad SMARTS) is 1. The highest BCUT2D eigenvalue weighted by Crippen LogP contribution is 1.89. The van der Waals surface area contributed by atoms with Crippen molar-refractivity contribution in [3.05, 3.63) is 30.1 Å². The predicted octanol–water partition coefficient (Wildman–Crippen LogP) is 0.257. The van der Waals surface area contributed by atoms with Gasteiger partial charge in [-0.3, -0.25) is 4.79 Å². The molecule has 0 amide bonds. The van der Waals surface area contributed by atoms with Crippen LogP contribution in [0.15, 0.2) is 29.6 Å². The highest BCUT2D eigenvalue weighted by Gasteiger charge is 2.09. The van der Waals surface area contributed by atoms with Crippen molar-refractivity contribution < 1.29 is 19.7 Å². The van der Waals surface area contributed by atoms with E-state index in [1.165, 1.54) is 6.21 Å². The number of aromatic nitrogens is 1. The number of pyridine rings is 1. The second kappa shape index (κ2) is 4.96. The van der Waals surface area contributed by atoms with Gasteiger partial charge < -0.3 is 10.3 Å². The first-order chi connectivity index (χ1) is 6.74. The lowest BCUT2D eigenvalue weighted by Gasteiger charge is -1.96. The van der Waals surface area contributed by atoms with E-state index in [9.17, 15) is 4.79 Å². The molecule has 74 valence electrons. The molecule has 1 rings (SSSR count). The number of carboxylic acids is 1. The molecule has 1 aromatic rings. The van der Waals surface area contributed by atoms with Crippen molar-refractivity contribution in [2.45, 2.75) is 13.0 Å². The summed E-state index contributed by atoms with van der Waals surface area (Å²) in [5.74, 6) is -0.853. The van der Waals surface area contributed by atoms with Crippen LogP contribution in [-0.4, -0.2) is 22.5 Å². The van der Waals surface area contributed by atoms with E-state index in [-0.39, 0.29) is 6.42 Å². The van der Waals surface area contributed by atoms with Gasteiger partial charge in [0, 0.05) is 12.1 Å². The highest BCUT2D eigenvalue weighted by molar-refractivity contribution is 5.74. The van der Waals surface area contributed by atoms with Crippen LogP contribution in [0.3, 0.4) is 0 Å². The molecule has 0 unspecified atom stereocenters. The average molecular weight is 195 g/mol. The molecule has 0 aliphatic rings. The maximum atomic E-state index is 10.3. The highest BCUT2D eigenvalue weighted by atomic mass is 16.4. The molecule has 0 aromatic carbocycles. The summed E-state index contributed by atoms with van der Waals surface area (Å²) in [7, 11) is 0. The maximum Gasteiger partial charge on any atom is 0.309 e. The summed E-state index contributed by atoms with van der Waals surface area (Å²) in [6, 6.07) is 5.31. The molecule has 5 heteroatoms. The van der Waals surface area contributed by atoms with Crippen molar-refractivity contribution in [3.8, 4) is 0 Å². The Bertz CT molecular complexity index is 350. The van der Waals surface area contributed by atoms with E-state index in [2.05, 4.69) is 5.16 Å². The van der Waals surface area contributed by atoms with Gasteiger partial charge in [0.25, 0.3) is 0 Å². The van der Waals surface area contributed by atoms with Crippen LogP contribution < -0.4 is 4.57 Å². The summed E-state index contributed by atoms with van der Waals surface area (Å²) >= 11 is 0. The van der Waals surface area contributed by atoms with Gasteiger partial charge in [-0.25, -0.2) is 0 Å². The van der Waals surface area contributed by atoms with E-state index in [0.29, 0.717) is 12.2 Å². The number of hydrogen-bond acceptors (Lipinski definition) is 3. The Hall–Kier alpha value is -1.91. The molecule has 0 radical (unpaired) electrons. The molecule has 0 aliphatic carbocycles. The second-order valence-electron chi connectivity index (χ2n) is 2.71. The SMILES string of the molecule is O=C(O)CC[n+]1ccccc1/C=N/O. The predicted molar refractivity (Wildman–Crippen MR) is 48.3 cm³/mol. The molecule has 0 atom stereocenters. The monoisotopic (exact) mass is 195 g/mol. The van der Waals surface area contributed by atoms with Gasteiger partial charge in [-0.15, -0.1) is 0 Å². The molecule has 14 heavy (non-hydrogen) atoms. The van der Waals surface area contributed by atoms with Gasteiger partial charge >= 0.3 is 5.97 Å². The van der Waals surface area contributed by atoms with E-state index in [1.807, 2.05) is 0 Å². The van der Waals surface area contributed by atoms with Gasteiger partial charge in [0.1, 0.15) is 12.6 Å². The van der Waals surface area contributed by atoms with Crippen LogP contribution in [-0.2, 0) is 11.3 Å². The minimum absolute atomic E-state index is 0.0426. The molecule has 0 spiro atoms. The number of hydrogen-bond donors (Lipinski definition) is 2. The fourth-order valence-electron chi connectivity index (χ4n) is 1.09. The third-order valence-corrected chi connectivity index (χ3v) is 1.73. The molecule has 1 heterocycles. The number of rotatable bonds is 4. The van der Waals surface area contributed by atoms with Crippen molar-refractivity contribution in [1.29, 1.82) is 0 Å². The molecule has 0 aliphatic heterocycles. The summed E-state index contributed by atoms with van der Waals surface area (Å²) in [6.45, 7) is 0.359. The van der Waals surface area contributed by atoms with Gasteiger partial charge in [-0.2, -0.15) is 4.57 Å². The van der Waals surface area contributed by atoms with Gasteiger partial charge in [0.2, 0.25) is 5.69 Å². The van der Waals surface area contributed by atoms with E-state index in [4.69, 9.17) is 10.3 Å². The van der Waals surface area contributed by atoms with Crippen LogP contribution in [0.4, 0.5) is 0 Å². The Balaban J connectivity index is 2.79.